The molecule has 2 aromatic heterocycles. The second-order valence-electron chi connectivity index (χ2n) is 5.78. The Balaban J connectivity index is 1.47. The van der Waals surface area contributed by atoms with Gasteiger partial charge in [-0.2, -0.15) is 0 Å². The average molecular weight is 330 g/mol. The Kier molecular flexibility index (Phi) is 4.07. The molecule has 6 nitrogen and oxygen atoms in total. The zero-order valence-electron chi connectivity index (χ0n) is 12.7. The van der Waals surface area contributed by atoms with Gasteiger partial charge in [-0.15, -0.1) is 11.3 Å². The van der Waals surface area contributed by atoms with Gasteiger partial charge < -0.3 is 15.4 Å². The van der Waals surface area contributed by atoms with E-state index in [9.17, 15) is 4.79 Å². The molecule has 120 valence electrons. The molecule has 2 N–H and O–H groups in total. The molecule has 1 atom stereocenters. The third kappa shape index (κ3) is 3.12. The normalized spacial score (nSPS) is 20.3. The molecule has 0 aromatic carbocycles. The maximum Gasteiger partial charge on any atom is 0.275 e. The maximum absolute atomic E-state index is 12.4. The maximum atomic E-state index is 12.4. The summed E-state index contributed by atoms with van der Waals surface area (Å²) in [5.74, 6) is -0.198. The lowest BCUT2D eigenvalue weighted by Gasteiger charge is -2.16. The van der Waals surface area contributed by atoms with E-state index in [4.69, 9.17) is 4.74 Å². The van der Waals surface area contributed by atoms with Crippen molar-refractivity contribution in [1.29, 1.82) is 0 Å². The van der Waals surface area contributed by atoms with Gasteiger partial charge in [0, 0.05) is 37.2 Å². The number of anilines is 1. The van der Waals surface area contributed by atoms with Gasteiger partial charge in [0.05, 0.1) is 11.9 Å². The molecule has 1 saturated heterocycles. The molecule has 2 aliphatic rings. The quantitative estimate of drug-likeness (QED) is 0.903. The third-order valence-corrected chi connectivity index (χ3v) is 5.07. The number of hydrogen-bond acceptors (Lipinski definition) is 6. The molecular weight excluding hydrogens is 312 g/mol. The number of thiazole rings is 1. The molecule has 2 aliphatic heterocycles. The molecule has 4 rings (SSSR count). The van der Waals surface area contributed by atoms with Crippen LogP contribution < -0.4 is 10.6 Å². The highest BCUT2D eigenvalue weighted by Gasteiger charge is 2.22. The first-order chi connectivity index (χ1) is 11.3. The van der Waals surface area contributed by atoms with E-state index in [0.717, 1.165) is 55.2 Å². The van der Waals surface area contributed by atoms with Crippen LogP contribution in [0.25, 0.3) is 0 Å². The van der Waals surface area contributed by atoms with Crippen LogP contribution in [0.4, 0.5) is 5.69 Å². The van der Waals surface area contributed by atoms with E-state index in [1.807, 2.05) is 6.07 Å². The number of pyridine rings is 1. The predicted molar refractivity (Wildman–Crippen MR) is 87.6 cm³/mol. The molecule has 0 spiro atoms. The Bertz CT molecular complexity index is 725. The summed E-state index contributed by atoms with van der Waals surface area (Å²) in [6.45, 7) is 2.53. The number of hydrogen-bond donors (Lipinski definition) is 2. The van der Waals surface area contributed by atoms with E-state index in [1.54, 1.807) is 11.6 Å². The van der Waals surface area contributed by atoms with Crippen LogP contribution in [0.3, 0.4) is 0 Å². The first-order valence-corrected chi connectivity index (χ1v) is 8.74. The van der Waals surface area contributed by atoms with Gasteiger partial charge >= 0.3 is 0 Å². The molecule has 0 radical (unpaired) electrons. The number of carbonyl (C=O) groups excluding carboxylic acids is 1. The van der Waals surface area contributed by atoms with E-state index < -0.39 is 0 Å². The Morgan fingerprint density at radius 1 is 1.48 bits per heavy atom. The van der Waals surface area contributed by atoms with Gasteiger partial charge in [-0.3, -0.25) is 9.78 Å². The molecule has 2 aromatic rings. The first kappa shape index (κ1) is 14.7. The molecule has 0 bridgehead atoms. The van der Waals surface area contributed by atoms with Crippen LogP contribution in [0.1, 0.15) is 45.7 Å². The topological polar surface area (TPSA) is 76.1 Å². The van der Waals surface area contributed by atoms with Gasteiger partial charge in [0.2, 0.25) is 0 Å². The Labute approximate surface area is 138 Å². The number of fused-ring (bicyclic) bond motifs is 1. The van der Waals surface area contributed by atoms with Crippen molar-refractivity contribution in [3.05, 3.63) is 39.6 Å². The second-order valence-corrected chi connectivity index (χ2v) is 6.67. The van der Waals surface area contributed by atoms with Crippen molar-refractivity contribution in [2.24, 2.45) is 0 Å². The number of rotatable bonds is 3. The summed E-state index contributed by atoms with van der Waals surface area (Å²) in [4.78, 5) is 21.2. The number of aromatic nitrogens is 2. The monoisotopic (exact) mass is 330 g/mol. The van der Waals surface area contributed by atoms with E-state index in [-0.39, 0.29) is 12.0 Å². The molecule has 4 heterocycles. The molecule has 23 heavy (non-hydrogen) atoms. The fourth-order valence-electron chi connectivity index (χ4n) is 2.92. The third-order valence-electron chi connectivity index (χ3n) is 4.13. The number of carbonyl (C=O) groups is 1. The Hall–Kier alpha value is -1.83. The predicted octanol–water partition coefficient (Wildman–Crippen LogP) is 2.29. The summed E-state index contributed by atoms with van der Waals surface area (Å²) in [5.41, 5.74) is 3.41. The van der Waals surface area contributed by atoms with E-state index in [0.29, 0.717) is 11.4 Å². The fourth-order valence-corrected chi connectivity index (χ4v) is 3.80. The van der Waals surface area contributed by atoms with Crippen LogP contribution in [0.15, 0.2) is 17.6 Å². The summed E-state index contributed by atoms with van der Waals surface area (Å²) < 4.78 is 5.61. The molecule has 0 saturated carbocycles. The van der Waals surface area contributed by atoms with Gasteiger partial charge in [0.15, 0.2) is 0 Å². The zero-order chi connectivity index (χ0) is 15.6. The largest absolute Gasteiger partial charge is 0.371 e. The molecular formula is C16H18N4O2S. The van der Waals surface area contributed by atoms with Crippen molar-refractivity contribution in [2.45, 2.75) is 31.9 Å². The van der Waals surface area contributed by atoms with E-state index in [1.165, 1.54) is 11.3 Å². The summed E-state index contributed by atoms with van der Waals surface area (Å²) in [7, 11) is 0. The number of amides is 1. The standard InChI is InChI=1S/C16H18N4O2S/c21-15(13-9-23-16(20-13)14-2-1-5-22-14)19-11-6-10-7-17-4-3-12(10)18-8-11/h6,8-9,14,17H,1-5,7H2,(H,19,21). The van der Waals surface area contributed by atoms with Crippen molar-refractivity contribution in [1.82, 2.24) is 15.3 Å². The smallest absolute Gasteiger partial charge is 0.275 e. The van der Waals surface area contributed by atoms with Crippen LogP contribution in [0.2, 0.25) is 0 Å². The average Bonchev–Trinajstić information content (AvgIpc) is 3.26. The van der Waals surface area contributed by atoms with Crippen LogP contribution in [-0.2, 0) is 17.7 Å². The summed E-state index contributed by atoms with van der Waals surface area (Å²) >= 11 is 1.49. The highest BCUT2D eigenvalue weighted by molar-refractivity contribution is 7.09. The SMILES string of the molecule is O=C(Nc1cnc2c(c1)CNCC2)c1csc(C2CCCO2)n1. The number of ether oxygens (including phenoxy) is 1. The molecule has 1 fully saturated rings. The van der Waals surface area contributed by atoms with Crippen LogP contribution in [-0.4, -0.2) is 29.0 Å². The van der Waals surface area contributed by atoms with Crippen LogP contribution in [0, 0.1) is 0 Å². The summed E-state index contributed by atoms with van der Waals surface area (Å²) in [5, 5.41) is 8.88. The van der Waals surface area contributed by atoms with Gasteiger partial charge in [-0.25, -0.2) is 4.98 Å². The molecule has 1 amide bonds. The van der Waals surface area contributed by atoms with Crippen molar-refractivity contribution < 1.29 is 9.53 Å². The van der Waals surface area contributed by atoms with Gasteiger partial charge in [-0.1, -0.05) is 0 Å². The zero-order valence-corrected chi connectivity index (χ0v) is 13.5. The van der Waals surface area contributed by atoms with Gasteiger partial charge in [0.25, 0.3) is 5.91 Å². The minimum absolute atomic E-state index is 0.0537. The first-order valence-electron chi connectivity index (χ1n) is 7.86. The van der Waals surface area contributed by atoms with Gasteiger partial charge in [0.1, 0.15) is 16.8 Å². The molecule has 1 unspecified atom stereocenters. The van der Waals surface area contributed by atoms with Crippen molar-refractivity contribution >= 4 is 22.9 Å². The summed E-state index contributed by atoms with van der Waals surface area (Å²) in [6.07, 6.45) is 4.74. The van der Waals surface area contributed by atoms with Crippen LogP contribution >= 0.6 is 11.3 Å². The number of nitrogens with zero attached hydrogens (tertiary/aromatic N) is 2. The van der Waals surface area contributed by atoms with Crippen LogP contribution in [0.5, 0.6) is 0 Å². The lowest BCUT2D eigenvalue weighted by Crippen LogP contribution is -2.25. The minimum atomic E-state index is -0.198. The Morgan fingerprint density at radius 2 is 2.43 bits per heavy atom. The molecule has 7 heteroatoms. The van der Waals surface area contributed by atoms with Crippen molar-refractivity contribution in [3.8, 4) is 0 Å². The fraction of sp³-hybridized carbons (Fsp3) is 0.438. The minimum Gasteiger partial charge on any atom is -0.371 e. The second kappa shape index (κ2) is 6.35. The van der Waals surface area contributed by atoms with E-state index in [2.05, 4.69) is 20.6 Å². The lowest BCUT2D eigenvalue weighted by atomic mass is 10.1. The van der Waals surface area contributed by atoms with E-state index >= 15 is 0 Å². The Morgan fingerprint density at radius 3 is 3.30 bits per heavy atom. The highest BCUT2D eigenvalue weighted by Crippen LogP contribution is 2.30. The van der Waals surface area contributed by atoms with Crippen molar-refractivity contribution in [3.63, 3.8) is 0 Å². The highest BCUT2D eigenvalue weighted by atomic mass is 32.1. The lowest BCUT2D eigenvalue weighted by molar-refractivity contribution is 0.101. The molecule has 0 aliphatic carbocycles. The van der Waals surface area contributed by atoms with Gasteiger partial charge in [-0.05, 0) is 24.5 Å². The van der Waals surface area contributed by atoms with Crippen molar-refractivity contribution in [2.75, 3.05) is 18.5 Å². The number of nitrogens with one attached hydrogen (secondary N) is 2. The summed E-state index contributed by atoms with van der Waals surface area (Å²) in [6, 6.07) is 1.99.